The van der Waals surface area contributed by atoms with Gasteiger partial charge in [0.2, 0.25) is 0 Å². The molecule has 20 heavy (non-hydrogen) atoms. The molecule has 0 saturated carbocycles. The van der Waals surface area contributed by atoms with E-state index < -0.39 is 0 Å². The van der Waals surface area contributed by atoms with Gasteiger partial charge in [-0.15, -0.1) is 0 Å². The highest BCUT2D eigenvalue weighted by Crippen LogP contribution is 2.20. The van der Waals surface area contributed by atoms with Gasteiger partial charge in [-0.3, -0.25) is 4.68 Å². The second kappa shape index (κ2) is 7.44. The van der Waals surface area contributed by atoms with Crippen molar-refractivity contribution in [1.29, 1.82) is 0 Å². The zero-order valence-corrected chi connectivity index (χ0v) is 12.7. The number of para-hydroxylation sites is 1. The van der Waals surface area contributed by atoms with Crippen LogP contribution in [0.25, 0.3) is 10.9 Å². The van der Waals surface area contributed by atoms with E-state index in [9.17, 15) is 5.11 Å². The Labute approximate surface area is 121 Å². The van der Waals surface area contributed by atoms with Crippen molar-refractivity contribution >= 4 is 10.9 Å². The molecular formula is C17H26N2O. The smallest absolute Gasteiger partial charge is 0.0729 e. The summed E-state index contributed by atoms with van der Waals surface area (Å²) in [5.74, 6) is 0. The van der Waals surface area contributed by atoms with E-state index in [1.807, 2.05) is 16.8 Å². The minimum Gasteiger partial charge on any atom is -0.393 e. The molecule has 0 saturated heterocycles. The van der Waals surface area contributed by atoms with Crippen LogP contribution in [0.5, 0.6) is 0 Å². The fraction of sp³-hybridized carbons (Fsp3) is 0.588. The third-order valence-corrected chi connectivity index (χ3v) is 3.85. The number of aliphatic hydroxyl groups is 1. The van der Waals surface area contributed by atoms with Gasteiger partial charge in [-0.1, -0.05) is 50.8 Å². The molecule has 0 amide bonds. The molecular weight excluding hydrogens is 248 g/mol. The number of aromatic nitrogens is 2. The Morgan fingerprint density at radius 3 is 2.70 bits per heavy atom. The van der Waals surface area contributed by atoms with E-state index in [1.54, 1.807) is 0 Å². The molecule has 2 aromatic rings. The molecule has 3 heteroatoms. The largest absolute Gasteiger partial charge is 0.393 e. The summed E-state index contributed by atoms with van der Waals surface area (Å²) in [7, 11) is 0. The first-order chi connectivity index (χ1) is 9.76. The fourth-order valence-corrected chi connectivity index (χ4v) is 2.72. The van der Waals surface area contributed by atoms with Crippen molar-refractivity contribution in [3.63, 3.8) is 0 Å². The lowest BCUT2D eigenvalue weighted by Gasteiger charge is -2.08. The molecule has 1 aromatic heterocycles. The Bertz CT molecular complexity index is 533. The molecule has 1 unspecified atom stereocenters. The summed E-state index contributed by atoms with van der Waals surface area (Å²) in [4.78, 5) is 0. The number of unbranched alkanes of at least 4 members (excludes halogenated alkanes) is 3. The number of hydrogen-bond acceptors (Lipinski definition) is 2. The van der Waals surface area contributed by atoms with Gasteiger partial charge in [0.15, 0.2) is 0 Å². The van der Waals surface area contributed by atoms with Crippen LogP contribution in [0.2, 0.25) is 0 Å². The monoisotopic (exact) mass is 274 g/mol. The molecule has 110 valence electrons. The molecule has 3 nitrogen and oxygen atoms in total. The maximum atomic E-state index is 10.2. The van der Waals surface area contributed by atoms with Crippen molar-refractivity contribution in [1.82, 2.24) is 9.78 Å². The van der Waals surface area contributed by atoms with Gasteiger partial charge < -0.3 is 5.11 Å². The third kappa shape index (κ3) is 3.60. The first-order valence-electron chi connectivity index (χ1n) is 7.88. The number of rotatable bonds is 8. The predicted octanol–water partition coefficient (Wildman–Crippen LogP) is 3.93. The SMILES string of the molecule is CCCCCCC(O)Cc1nn(CC)c2ccccc12. The van der Waals surface area contributed by atoms with Crippen LogP contribution in [0, 0.1) is 0 Å². The Hall–Kier alpha value is -1.35. The van der Waals surface area contributed by atoms with Crippen LogP contribution in [-0.2, 0) is 13.0 Å². The second-order valence-electron chi connectivity index (χ2n) is 5.49. The van der Waals surface area contributed by atoms with Crippen LogP contribution in [0.1, 0.15) is 51.6 Å². The molecule has 0 aliphatic heterocycles. The van der Waals surface area contributed by atoms with Gasteiger partial charge in [0, 0.05) is 18.4 Å². The van der Waals surface area contributed by atoms with Crippen molar-refractivity contribution in [2.45, 2.75) is 65.0 Å². The summed E-state index contributed by atoms with van der Waals surface area (Å²) in [5, 5.41) is 16.0. The van der Waals surface area contributed by atoms with E-state index in [-0.39, 0.29) is 6.10 Å². The topological polar surface area (TPSA) is 38.1 Å². The molecule has 0 fully saturated rings. The van der Waals surface area contributed by atoms with E-state index >= 15 is 0 Å². The van der Waals surface area contributed by atoms with Crippen LogP contribution in [0.15, 0.2) is 24.3 Å². The number of hydrogen-bond donors (Lipinski definition) is 1. The molecule has 1 N–H and O–H groups in total. The van der Waals surface area contributed by atoms with Crippen molar-refractivity contribution in [2.75, 3.05) is 0 Å². The summed E-state index contributed by atoms with van der Waals surface area (Å²) in [6.07, 6.45) is 6.11. The van der Waals surface area contributed by atoms with Gasteiger partial charge in [-0.25, -0.2) is 0 Å². The van der Waals surface area contributed by atoms with E-state index in [4.69, 9.17) is 0 Å². The van der Waals surface area contributed by atoms with Crippen molar-refractivity contribution < 1.29 is 5.11 Å². The molecule has 2 rings (SSSR count). The molecule has 0 spiro atoms. The van der Waals surface area contributed by atoms with E-state index in [1.165, 1.54) is 30.2 Å². The van der Waals surface area contributed by atoms with Gasteiger partial charge in [0.25, 0.3) is 0 Å². The van der Waals surface area contributed by atoms with Crippen LogP contribution < -0.4 is 0 Å². The summed E-state index contributed by atoms with van der Waals surface area (Å²) >= 11 is 0. The molecule has 1 aromatic carbocycles. The van der Waals surface area contributed by atoms with Crippen LogP contribution in [-0.4, -0.2) is 21.0 Å². The summed E-state index contributed by atoms with van der Waals surface area (Å²) in [6.45, 7) is 5.18. The summed E-state index contributed by atoms with van der Waals surface area (Å²) in [5.41, 5.74) is 2.20. The zero-order valence-electron chi connectivity index (χ0n) is 12.7. The maximum absolute atomic E-state index is 10.2. The highest BCUT2D eigenvalue weighted by Gasteiger charge is 2.13. The Morgan fingerprint density at radius 1 is 1.15 bits per heavy atom. The number of benzene rings is 1. The zero-order chi connectivity index (χ0) is 14.4. The number of aliphatic hydroxyl groups excluding tert-OH is 1. The average molecular weight is 274 g/mol. The van der Waals surface area contributed by atoms with Gasteiger partial charge in [0.1, 0.15) is 0 Å². The number of nitrogens with zero attached hydrogens (tertiary/aromatic N) is 2. The minimum atomic E-state index is -0.268. The Balaban J connectivity index is 2.02. The molecule has 0 aliphatic carbocycles. The molecule has 0 radical (unpaired) electrons. The molecule has 1 heterocycles. The highest BCUT2D eigenvalue weighted by molar-refractivity contribution is 5.81. The number of fused-ring (bicyclic) bond motifs is 1. The Morgan fingerprint density at radius 2 is 1.95 bits per heavy atom. The third-order valence-electron chi connectivity index (χ3n) is 3.85. The van der Waals surface area contributed by atoms with Gasteiger partial charge in [0.05, 0.1) is 17.3 Å². The van der Waals surface area contributed by atoms with Crippen molar-refractivity contribution in [3.8, 4) is 0 Å². The first-order valence-corrected chi connectivity index (χ1v) is 7.88. The lowest BCUT2D eigenvalue weighted by Crippen LogP contribution is -2.11. The van der Waals surface area contributed by atoms with Gasteiger partial charge in [-0.2, -0.15) is 5.10 Å². The lowest BCUT2D eigenvalue weighted by atomic mass is 10.0. The van der Waals surface area contributed by atoms with Crippen molar-refractivity contribution in [3.05, 3.63) is 30.0 Å². The summed E-state index contributed by atoms with van der Waals surface area (Å²) < 4.78 is 2.02. The van der Waals surface area contributed by atoms with Crippen molar-refractivity contribution in [2.24, 2.45) is 0 Å². The van der Waals surface area contributed by atoms with Crippen LogP contribution in [0.3, 0.4) is 0 Å². The highest BCUT2D eigenvalue weighted by atomic mass is 16.3. The van der Waals surface area contributed by atoms with E-state index in [0.29, 0.717) is 6.42 Å². The van der Waals surface area contributed by atoms with Crippen LogP contribution in [0.4, 0.5) is 0 Å². The second-order valence-corrected chi connectivity index (χ2v) is 5.49. The minimum absolute atomic E-state index is 0.268. The standard InChI is InChI=1S/C17H26N2O/c1-3-5-6-7-10-14(20)13-16-15-11-8-9-12-17(15)19(4-2)18-16/h8-9,11-12,14,20H,3-7,10,13H2,1-2H3. The maximum Gasteiger partial charge on any atom is 0.0729 e. The van der Waals surface area contributed by atoms with Gasteiger partial charge in [-0.05, 0) is 19.4 Å². The average Bonchev–Trinajstić information content (AvgIpc) is 2.82. The molecule has 0 aliphatic rings. The van der Waals surface area contributed by atoms with Gasteiger partial charge >= 0.3 is 0 Å². The van der Waals surface area contributed by atoms with E-state index in [2.05, 4.69) is 31.1 Å². The molecule has 0 bridgehead atoms. The molecule has 1 atom stereocenters. The van der Waals surface area contributed by atoms with E-state index in [0.717, 1.165) is 25.1 Å². The number of aryl methyl sites for hydroxylation is 1. The fourth-order valence-electron chi connectivity index (χ4n) is 2.72. The lowest BCUT2D eigenvalue weighted by molar-refractivity contribution is 0.160. The quantitative estimate of drug-likeness (QED) is 0.741. The normalized spacial score (nSPS) is 12.9. The predicted molar refractivity (Wildman–Crippen MR) is 83.9 cm³/mol. The van der Waals surface area contributed by atoms with Crippen LogP contribution >= 0.6 is 0 Å². The summed E-state index contributed by atoms with van der Waals surface area (Å²) in [6, 6.07) is 8.29. The Kier molecular flexibility index (Phi) is 5.60. The first kappa shape index (κ1) is 15.0.